The van der Waals surface area contributed by atoms with Gasteiger partial charge in [0.15, 0.2) is 0 Å². The van der Waals surface area contributed by atoms with Crippen LogP contribution in [0.1, 0.15) is 25.8 Å². The zero-order valence-corrected chi connectivity index (χ0v) is 14.6. The van der Waals surface area contributed by atoms with Gasteiger partial charge in [0.1, 0.15) is 0 Å². The molecule has 0 spiro atoms. The quantitative estimate of drug-likeness (QED) is 0.713. The van der Waals surface area contributed by atoms with E-state index >= 15 is 0 Å². The molecule has 1 aromatic rings. The van der Waals surface area contributed by atoms with Crippen LogP contribution in [0.4, 0.5) is 0 Å². The molecule has 2 unspecified atom stereocenters. The van der Waals surface area contributed by atoms with Gasteiger partial charge in [-0.2, -0.15) is 0 Å². The van der Waals surface area contributed by atoms with Crippen LogP contribution < -0.4 is 16.2 Å². The summed E-state index contributed by atoms with van der Waals surface area (Å²) in [6.45, 7) is 5.07. The van der Waals surface area contributed by atoms with Crippen molar-refractivity contribution in [3.05, 3.63) is 34.9 Å². The number of hydrazine groups is 1. The Morgan fingerprint density at radius 1 is 1.27 bits per heavy atom. The van der Waals surface area contributed by atoms with Gasteiger partial charge in [0.05, 0.1) is 5.75 Å². The maximum atomic E-state index is 11.9. The lowest BCUT2D eigenvalue weighted by Gasteiger charge is -2.17. The highest BCUT2D eigenvalue weighted by molar-refractivity contribution is 7.99. The predicted octanol–water partition coefficient (Wildman–Crippen LogP) is 2.58. The van der Waals surface area contributed by atoms with Crippen LogP contribution in [0.3, 0.4) is 0 Å². The van der Waals surface area contributed by atoms with Crippen molar-refractivity contribution < 1.29 is 4.79 Å². The third-order valence-corrected chi connectivity index (χ3v) is 5.42. The van der Waals surface area contributed by atoms with E-state index in [0.29, 0.717) is 23.8 Å². The van der Waals surface area contributed by atoms with E-state index in [0.717, 1.165) is 29.3 Å². The first-order valence-electron chi connectivity index (χ1n) is 7.67. The van der Waals surface area contributed by atoms with Gasteiger partial charge in [0.25, 0.3) is 0 Å². The number of benzene rings is 1. The average Bonchev–Trinajstić information content (AvgIpc) is 2.81. The molecule has 0 aromatic heterocycles. The molecule has 0 aliphatic carbocycles. The molecule has 1 aromatic carbocycles. The molecule has 0 radical (unpaired) electrons. The molecular formula is C16H24ClN3OS. The van der Waals surface area contributed by atoms with Gasteiger partial charge in [0.2, 0.25) is 5.91 Å². The van der Waals surface area contributed by atoms with Crippen LogP contribution in [-0.4, -0.2) is 30.3 Å². The van der Waals surface area contributed by atoms with Gasteiger partial charge in [0, 0.05) is 29.4 Å². The normalized spacial score (nSPS) is 24.4. The Balaban J connectivity index is 1.61. The molecule has 1 heterocycles. The highest BCUT2D eigenvalue weighted by atomic mass is 35.5. The molecule has 0 bridgehead atoms. The molecular weight excluding hydrogens is 318 g/mol. The van der Waals surface area contributed by atoms with Crippen LogP contribution in [0.5, 0.6) is 0 Å². The minimum Gasteiger partial charge on any atom is -0.355 e. The van der Waals surface area contributed by atoms with Crippen LogP contribution in [0.15, 0.2) is 24.3 Å². The molecule has 4 nitrogen and oxygen atoms in total. The van der Waals surface area contributed by atoms with Crippen molar-refractivity contribution in [2.75, 3.05) is 12.3 Å². The van der Waals surface area contributed by atoms with Crippen molar-refractivity contribution in [1.29, 1.82) is 0 Å². The minimum absolute atomic E-state index is 0.0938. The number of carbonyl (C=O) groups is 1. The van der Waals surface area contributed by atoms with E-state index in [2.05, 4.69) is 30.0 Å². The summed E-state index contributed by atoms with van der Waals surface area (Å²) in [6.07, 6.45) is 0.989. The molecule has 1 fully saturated rings. The number of amides is 1. The highest BCUT2D eigenvalue weighted by Crippen LogP contribution is 2.20. The van der Waals surface area contributed by atoms with Crippen molar-refractivity contribution in [2.24, 2.45) is 5.92 Å². The molecule has 22 heavy (non-hydrogen) atoms. The van der Waals surface area contributed by atoms with Crippen molar-refractivity contribution in [3.8, 4) is 0 Å². The van der Waals surface area contributed by atoms with Gasteiger partial charge in [-0.05, 0) is 37.8 Å². The molecule has 122 valence electrons. The van der Waals surface area contributed by atoms with Gasteiger partial charge in [-0.1, -0.05) is 29.8 Å². The van der Waals surface area contributed by atoms with E-state index in [1.54, 1.807) is 11.8 Å². The van der Waals surface area contributed by atoms with Crippen LogP contribution >= 0.6 is 23.4 Å². The maximum Gasteiger partial charge on any atom is 0.230 e. The number of nitrogens with one attached hydrogen (secondary N) is 3. The lowest BCUT2D eigenvalue weighted by molar-refractivity contribution is -0.118. The monoisotopic (exact) mass is 341 g/mol. The van der Waals surface area contributed by atoms with E-state index in [4.69, 9.17) is 11.6 Å². The summed E-state index contributed by atoms with van der Waals surface area (Å²) in [5.74, 6) is 1.88. The summed E-state index contributed by atoms with van der Waals surface area (Å²) in [5, 5.41) is 3.77. The number of hydrogen-bond acceptors (Lipinski definition) is 4. The van der Waals surface area contributed by atoms with Crippen LogP contribution in [0.2, 0.25) is 5.02 Å². The molecule has 1 aliphatic heterocycles. The van der Waals surface area contributed by atoms with Crippen molar-refractivity contribution in [1.82, 2.24) is 16.2 Å². The minimum atomic E-state index is 0.0938. The fourth-order valence-corrected chi connectivity index (χ4v) is 3.85. The van der Waals surface area contributed by atoms with Crippen molar-refractivity contribution in [3.63, 3.8) is 0 Å². The van der Waals surface area contributed by atoms with Gasteiger partial charge >= 0.3 is 0 Å². The first-order chi connectivity index (χ1) is 10.6. The molecule has 2 atom stereocenters. The molecule has 1 aliphatic rings. The topological polar surface area (TPSA) is 53.2 Å². The summed E-state index contributed by atoms with van der Waals surface area (Å²) in [5.41, 5.74) is 7.55. The Morgan fingerprint density at radius 3 is 2.64 bits per heavy atom. The molecule has 1 amide bonds. The highest BCUT2D eigenvalue weighted by Gasteiger charge is 2.28. The van der Waals surface area contributed by atoms with Crippen LogP contribution in [-0.2, 0) is 10.5 Å². The van der Waals surface area contributed by atoms with Crippen LogP contribution in [0, 0.1) is 5.92 Å². The Morgan fingerprint density at radius 2 is 1.95 bits per heavy atom. The third kappa shape index (κ3) is 5.16. The zero-order chi connectivity index (χ0) is 15.9. The number of rotatable bonds is 7. The Bertz CT molecular complexity index is 490. The second kappa shape index (κ2) is 8.77. The number of halogens is 1. The van der Waals surface area contributed by atoms with E-state index in [1.807, 2.05) is 24.3 Å². The van der Waals surface area contributed by atoms with Gasteiger partial charge in [-0.15, -0.1) is 11.8 Å². The largest absolute Gasteiger partial charge is 0.355 e. The Kier molecular flexibility index (Phi) is 7.02. The van der Waals surface area contributed by atoms with Crippen LogP contribution in [0.25, 0.3) is 0 Å². The number of carbonyl (C=O) groups excluding carboxylic acids is 1. The number of thioether (sulfide) groups is 1. The van der Waals surface area contributed by atoms with E-state index in [-0.39, 0.29) is 5.91 Å². The van der Waals surface area contributed by atoms with E-state index in [9.17, 15) is 4.79 Å². The predicted molar refractivity (Wildman–Crippen MR) is 93.9 cm³/mol. The first-order valence-corrected chi connectivity index (χ1v) is 9.20. The second-order valence-electron chi connectivity index (χ2n) is 5.75. The maximum absolute atomic E-state index is 11.9. The van der Waals surface area contributed by atoms with E-state index < -0.39 is 0 Å². The summed E-state index contributed by atoms with van der Waals surface area (Å²) in [4.78, 5) is 11.9. The molecule has 1 saturated heterocycles. The smallest absolute Gasteiger partial charge is 0.230 e. The van der Waals surface area contributed by atoms with Gasteiger partial charge < -0.3 is 5.32 Å². The summed E-state index contributed by atoms with van der Waals surface area (Å²) in [7, 11) is 0. The first kappa shape index (κ1) is 17.6. The lowest BCUT2D eigenvalue weighted by atomic mass is 9.93. The lowest BCUT2D eigenvalue weighted by Crippen LogP contribution is -2.31. The van der Waals surface area contributed by atoms with Crippen molar-refractivity contribution in [2.45, 2.75) is 38.1 Å². The molecule has 6 heteroatoms. The molecule has 3 N–H and O–H groups in total. The fraction of sp³-hybridized carbons (Fsp3) is 0.562. The fourth-order valence-electron chi connectivity index (χ4n) is 2.71. The van der Waals surface area contributed by atoms with Gasteiger partial charge in [-0.25, -0.2) is 0 Å². The summed E-state index contributed by atoms with van der Waals surface area (Å²) in [6, 6.07) is 8.65. The zero-order valence-electron chi connectivity index (χ0n) is 13.1. The summed E-state index contributed by atoms with van der Waals surface area (Å²) >= 11 is 7.69. The molecule has 0 saturated carbocycles. The third-order valence-electron chi connectivity index (χ3n) is 4.07. The van der Waals surface area contributed by atoms with Crippen molar-refractivity contribution >= 4 is 29.3 Å². The standard InChI is InChI=1S/C16H24ClN3OS/c1-11-14(12(2)20-19-11)7-8-18-16(21)10-22-9-13-5-3-4-6-15(13)17/h3-6,11-12,14,19-20H,7-10H2,1-2H3,(H,18,21). The summed E-state index contributed by atoms with van der Waals surface area (Å²) < 4.78 is 0. The Hall–Kier alpha value is -0.750. The Labute approximate surface area is 141 Å². The number of hydrogen-bond donors (Lipinski definition) is 3. The van der Waals surface area contributed by atoms with Gasteiger partial charge in [-0.3, -0.25) is 15.6 Å². The second-order valence-corrected chi connectivity index (χ2v) is 7.15. The SMILES string of the molecule is CC1NNC(C)C1CCNC(=O)CSCc1ccccc1Cl. The molecule has 2 rings (SSSR count). The van der Waals surface area contributed by atoms with E-state index in [1.165, 1.54) is 0 Å². The average molecular weight is 342 g/mol.